The highest BCUT2D eigenvalue weighted by Crippen LogP contribution is 2.30. The van der Waals surface area contributed by atoms with Crippen molar-refractivity contribution in [3.8, 4) is 11.5 Å². The fraction of sp³-hybridized carbons (Fsp3) is 0.368. The summed E-state index contributed by atoms with van der Waals surface area (Å²) in [6.45, 7) is 2.18. The minimum Gasteiger partial charge on any atom is -0.497 e. The molecule has 0 spiro atoms. The van der Waals surface area contributed by atoms with Gasteiger partial charge in [-0.2, -0.15) is 0 Å². The summed E-state index contributed by atoms with van der Waals surface area (Å²) in [7, 11) is 1.33. The lowest BCUT2D eigenvalue weighted by molar-refractivity contribution is 0.323. The van der Waals surface area contributed by atoms with Gasteiger partial charge < -0.3 is 14.4 Å². The van der Waals surface area contributed by atoms with Crippen molar-refractivity contribution in [2.45, 2.75) is 11.3 Å². The van der Waals surface area contributed by atoms with E-state index in [0.717, 1.165) is 42.3 Å². The van der Waals surface area contributed by atoms with Crippen molar-refractivity contribution < 1.29 is 17.9 Å². The zero-order chi connectivity index (χ0) is 18.7. The number of rotatable bonds is 7. The monoisotopic (exact) mass is 376 g/mol. The normalized spacial score (nSPS) is 13.8. The molecule has 0 saturated carbocycles. The molecule has 0 bridgehead atoms. The SMILES string of the molecule is COc1ccc(OCCN2CCc3cc(S(=O)(=O)N(C)C)ccc32)cc1. The fourth-order valence-corrected chi connectivity index (χ4v) is 3.95. The summed E-state index contributed by atoms with van der Waals surface area (Å²) in [6, 6.07) is 12.9. The van der Waals surface area contributed by atoms with Crippen LogP contribution in [0.3, 0.4) is 0 Å². The Labute approximate surface area is 155 Å². The van der Waals surface area contributed by atoms with Gasteiger partial charge in [-0.1, -0.05) is 0 Å². The topological polar surface area (TPSA) is 59.1 Å². The van der Waals surface area contributed by atoms with E-state index in [4.69, 9.17) is 9.47 Å². The van der Waals surface area contributed by atoms with Crippen LogP contribution in [0.1, 0.15) is 5.56 Å². The van der Waals surface area contributed by atoms with Gasteiger partial charge in [-0.3, -0.25) is 0 Å². The molecule has 2 aromatic carbocycles. The number of nitrogens with zero attached hydrogens (tertiary/aromatic N) is 2. The van der Waals surface area contributed by atoms with Crippen LogP contribution >= 0.6 is 0 Å². The molecule has 1 aliphatic rings. The molecule has 0 unspecified atom stereocenters. The van der Waals surface area contributed by atoms with Crippen LogP contribution < -0.4 is 14.4 Å². The van der Waals surface area contributed by atoms with Crippen LogP contribution in [0.15, 0.2) is 47.4 Å². The lowest BCUT2D eigenvalue weighted by Gasteiger charge is -2.20. The number of benzene rings is 2. The van der Waals surface area contributed by atoms with E-state index in [1.165, 1.54) is 4.31 Å². The Balaban J connectivity index is 1.62. The van der Waals surface area contributed by atoms with Crippen LogP contribution in [-0.2, 0) is 16.4 Å². The second-order valence-electron chi connectivity index (χ2n) is 6.34. The van der Waals surface area contributed by atoms with Gasteiger partial charge in [0.2, 0.25) is 10.0 Å². The summed E-state index contributed by atoms with van der Waals surface area (Å²) in [5.41, 5.74) is 2.15. The summed E-state index contributed by atoms with van der Waals surface area (Å²) in [6.07, 6.45) is 0.842. The summed E-state index contributed by atoms with van der Waals surface area (Å²) in [5.74, 6) is 1.60. The number of fused-ring (bicyclic) bond motifs is 1. The average molecular weight is 376 g/mol. The number of hydrogen-bond donors (Lipinski definition) is 0. The van der Waals surface area contributed by atoms with Crippen molar-refractivity contribution in [1.82, 2.24) is 4.31 Å². The summed E-state index contributed by atoms with van der Waals surface area (Å²) >= 11 is 0. The highest BCUT2D eigenvalue weighted by molar-refractivity contribution is 7.89. The van der Waals surface area contributed by atoms with Crippen LogP contribution in [0.2, 0.25) is 0 Å². The number of ether oxygens (including phenoxy) is 2. The Morgan fingerprint density at radius 2 is 1.77 bits per heavy atom. The van der Waals surface area contributed by atoms with Crippen LogP contribution in [-0.4, -0.2) is 53.6 Å². The van der Waals surface area contributed by atoms with E-state index >= 15 is 0 Å². The fourth-order valence-electron chi connectivity index (χ4n) is 3.00. The molecule has 140 valence electrons. The van der Waals surface area contributed by atoms with E-state index in [2.05, 4.69) is 4.90 Å². The van der Waals surface area contributed by atoms with E-state index in [9.17, 15) is 8.42 Å². The molecule has 0 aromatic heterocycles. The van der Waals surface area contributed by atoms with Gasteiger partial charge in [0, 0.05) is 26.3 Å². The average Bonchev–Trinajstić information content (AvgIpc) is 3.04. The van der Waals surface area contributed by atoms with E-state index in [1.807, 2.05) is 30.3 Å². The number of sulfonamides is 1. The molecule has 0 saturated heterocycles. The zero-order valence-electron chi connectivity index (χ0n) is 15.3. The minimum atomic E-state index is -3.39. The van der Waals surface area contributed by atoms with Gasteiger partial charge in [0.1, 0.15) is 18.1 Å². The quantitative estimate of drug-likeness (QED) is 0.743. The van der Waals surface area contributed by atoms with E-state index in [1.54, 1.807) is 33.3 Å². The number of anilines is 1. The maximum Gasteiger partial charge on any atom is 0.242 e. The molecule has 6 nitrogen and oxygen atoms in total. The second kappa shape index (κ2) is 7.55. The van der Waals surface area contributed by atoms with Crippen molar-refractivity contribution in [2.24, 2.45) is 0 Å². The molecule has 1 aliphatic heterocycles. The molecular weight excluding hydrogens is 352 g/mol. The van der Waals surface area contributed by atoms with Crippen LogP contribution in [0.5, 0.6) is 11.5 Å². The highest BCUT2D eigenvalue weighted by Gasteiger charge is 2.23. The van der Waals surface area contributed by atoms with Crippen molar-refractivity contribution in [2.75, 3.05) is 45.8 Å². The molecule has 1 heterocycles. The minimum absolute atomic E-state index is 0.345. The Hall–Kier alpha value is -2.25. The Bertz CT molecular complexity index is 864. The van der Waals surface area contributed by atoms with E-state index in [-0.39, 0.29) is 0 Å². The first kappa shape index (κ1) is 18.5. The van der Waals surface area contributed by atoms with Gasteiger partial charge in [0.15, 0.2) is 0 Å². The lowest BCUT2D eigenvalue weighted by atomic mass is 10.2. The van der Waals surface area contributed by atoms with Crippen LogP contribution in [0.25, 0.3) is 0 Å². The standard InChI is InChI=1S/C19H24N2O4S/c1-20(2)26(22,23)18-8-9-19-15(14-18)10-11-21(19)12-13-25-17-6-4-16(24-3)5-7-17/h4-9,14H,10-13H2,1-3H3. The third-order valence-electron chi connectivity index (χ3n) is 4.51. The summed E-state index contributed by atoms with van der Waals surface area (Å²) < 4.78 is 36.7. The van der Waals surface area contributed by atoms with E-state index in [0.29, 0.717) is 11.5 Å². The maximum atomic E-state index is 12.3. The first-order valence-corrected chi connectivity index (χ1v) is 9.93. The Morgan fingerprint density at radius 3 is 2.42 bits per heavy atom. The number of methoxy groups -OCH3 is 1. The molecular formula is C19H24N2O4S. The molecule has 26 heavy (non-hydrogen) atoms. The third kappa shape index (κ3) is 3.78. The number of hydrogen-bond acceptors (Lipinski definition) is 5. The smallest absolute Gasteiger partial charge is 0.242 e. The predicted octanol–water partition coefficient (Wildman–Crippen LogP) is 2.39. The first-order valence-electron chi connectivity index (χ1n) is 8.49. The first-order chi connectivity index (χ1) is 12.4. The third-order valence-corrected chi connectivity index (χ3v) is 6.32. The predicted molar refractivity (Wildman–Crippen MR) is 102 cm³/mol. The van der Waals surface area contributed by atoms with Gasteiger partial charge in [0.25, 0.3) is 0 Å². The molecule has 2 aromatic rings. The van der Waals surface area contributed by atoms with E-state index < -0.39 is 10.0 Å². The van der Waals surface area contributed by atoms with Crippen molar-refractivity contribution in [3.05, 3.63) is 48.0 Å². The molecule has 0 amide bonds. The molecule has 0 fully saturated rings. The van der Waals surface area contributed by atoms with Crippen LogP contribution in [0.4, 0.5) is 5.69 Å². The van der Waals surface area contributed by atoms with Crippen molar-refractivity contribution >= 4 is 15.7 Å². The molecule has 0 aliphatic carbocycles. The molecule has 3 rings (SSSR count). The molecule has 0 N–H and O–H groups in total. The van der Waals surface area contributed by atoms with Gasteiger partial charge >= 0.3 is 0 Å². The zero-order valence-corrected chi connectivity index (χ0v) is 16.1. The van der Waals surface area contributed by atoms with Gasteiger partial charge in [0.05, 0.1) is 18.6 Å². The Morgan fingerprint density at radius 1 is 1.08 bits per heavy atom. The van der Waals surface area contributed by atoms with Gasteiger partial charge in [-0.25, -0.2) is 12.7 Å². The molecule has 0 atom stereocenters. The Kier molecular flexibility index (Phi) is 5.38. The van der Waals surface area contributed by atoms with Gasteiger partial charge in [-0.15, -0.1) is 0 Å². The molecule has 0 radical (unpaired) electrons. The van der Waals surface area contributed by atoms with Crippen molar-refractivity contribution in [1.29, 1.82) is 0 Å². The second-order valence-corrected chi connectivity index (χ2v) is 8.49. The van der Waals surface area contributed by atoms with Crippen molar-refractivity contribution in [3.63, 3.8) is 0 Å². The summed E-state index contributed by atoms with van der Waals surface area (Å²) in [4.78, 5) is 2.57. The van der Waals surface area contributed by atoms with Gasteiger partial charge in [-0.05, 0) is 54.4 Å². The lowest BCUT2D eigenvalue weighted by Crippen LogP contribution is -2.26. The largest absolute Gasteiger partial charge is 0.497 e. The summed E-state index contributed by atoms with van der Waals surface area (Å²) in [5, 5.41) is 0. The molecule has 7 heteroatoms. The van der Waals surface area contributed by atoms with Crippen LogP contribution in [0, 0.1) is 0 Å². The maximum absolute atomic E-state index is 12.3. The highest BCUT2D eigenvalue weighted by atomic mass is 32.2.